The van der Waals surface area contributed by atoms with Crippen LogP contribution in [-0.4, -0.2) is 12.6 Å². The number of hydrogen-bond donors (Lipinski definition) is 0. The molecule has 0 bridgehead atoms. The molecule has 0 spiro atoms. The lowest BCUT2D eigenvalue weighted by Gasteiger charge is -2.38. The Hall–Kier alpha value is -0.530. The van der Waals surface area contributed by atoms with Crippen molar-refractivity contribution < 1.29 is 9.53 Å². The summed E-state index contributed by atoms with van der Waals surface area (Å²) in [6.07, 6.45) is 10.5. The highest BCUT2D eigenvalue weighted by Crippen LogP contribution is 2.39. The lowest BCUT2D eigenvalue weighted by atomic mass is 9.72. The molecular weight excluding hydrogens is 224 g/mol. The van der Waals surface area contributed by atoms with Crippen LogP contribution in [0.2, 0.25) is 0 Å². The zero-order valence-corrected chi connectivity index (χ0v) is 11.9. The first-order valence-electron chi connectivity index (χ1n) is 7.79. The minimum atomic E-state index is 0.211. The Balaban J connectivity index is 1.92. The molecule has 2 rings (SSSR count). The number of hydrogen-bond acceptors (Lipinski definition) is 2. The Morgan fingerprint density at radius 3 is 1.56 bits per heavy atom. The second kappa shape index (κ2) is 6.58. The van der Waals surface area contributed by atoms with E-state index in [0.29, 0.717) is 18.3 Å². The summed E-state index contributed by atoms with van der Waals surface area (Å²) < 4.78 is 5.51. The van der Waals surface area contributed by atoms with Gasteiger partial charge in [0, 0.05) is 0 Å². The highest BCUT2D eigenvalue weighted by molar-refractivity contribution is 5.37. The van der Waals surface area contributed by atoms with Gasteiger partial charge in [0.05, 0.1) is 0 Å². The van der Waals surface area contributed by atoms with Crippen LogP contribution in [0.15, 0.2) is 0 Å². The van der Waals surface area contributed by atoms with Gasteiger partial charge in [0.1, 0.15) is 6.10 Å². The van der Waals surface area contributed by atoms with Crippen molar-refractivity contribution in [3.05, 3.63) is 0 Å². The van der Waals surface area contributed by atoms with Gasteiger partial charge in [-0.25, -0.2) is 0 Å². The van der Waals surface area contributed by atoms with E-state index < -0.39 is 0 Å². The molecule has 0 radical (unpaired) electrons. The minimum absolute atomic E-state index is 0.211. The second-order valence-electron chi connectivity index (χ2n) is 6.74. The van der Waals surface area contributed by atoms with Crippen LogP contribution in [0.3, 0.4) is 0 Å². The molecule has 2 aliphatic rings. The summed E-state index contributed by atoms with van der Waals surface area (Å²) in [4.78, 5) is 10.8. The zero-order chi connectivity index (χ0) is 13.0. The molecule has 2 nitrogen and oxygen atoms in total. The third-order valence-corrected chi connectivity index (χ3v) is 5.26. The molecule has 0 amide bonds. The van der Waals surface area contributed by atoms with Gasteiger partial charge in [-0.2, -0.15) is 0 Å². The van der Waals surface area contributed by atoms with Crippen LogP contribution in [-0.2, 0) is 9.53 Å². The molecule has 0 aromatic heterocycles. The summed E-state index contributed by atoms with van der Waals surface area (Å²) in [7, 11) is 0. The van der Waals surface area contributed by atoms with Gasteiger partial charge in [-0.15, -0.1) is 0 Å². The van der Waals surface area contributed by atoms with Crippen molar-refractivity contribution >= 4 is 6.47 Å². The van der Waals surface area contributed by atoms with E-state index in [9.17, 15) is 4.79 Å². The molecule has 0 aromatic rings. The van der Waals surface area contributed by atoms with Gasteiger partial charge >= 0.3 is 0 Å². The molecule has 2 saturated carbocycles. The quantitative estimate of drug-likeness (QED) is 0.702. The third kappa shape index (κ3) is 3.49. The van der Waals surface area contributed by atoms with Crippen molar-refractivity contribution in [1.82, 2.24) is 0 Å². The maximum absolute atomic E-state index is 10.8. The van der Waals surface area contributed by atoms with Crippen molar-refractivity contribution in [3.63, 3.8) is 0 Å². The number of carbonyl (C=O) groups excluding carboxylic acids is 1. The van der Waals surface area contributed by atoms with E-state index in [0.717, 1.165) is 11.8 Å². The maximum Gasteiger partial charge on any atom is 0.293 e. The van der Waals surface area contributed by atoms with Gasteiger partial charge < -0.3 is 4.74 Å². The number of rotatable bonds is 4. The van der Waals surface area contributed by atoms with Gasteiger partial charge in [0.15, 0.2) is 0 Å². The zero-order valence-electron chi connectivity index (χ0n) is 11.9. The maximum atomic E-state index is 10.8. The molecule has 2 fully saturated rings. The first-order valence-corrected chi connectivity index (χ1v) is 7.79. The lowest BCUT2D eigenvalue weighted by molar-refractivity contribution is -0.142. The molecule has 0 aliphatic heterocycles. The van der Waals surface area contributed by atoms with Crippen molar-refractivity contribution in [2.45, 2.75) is 71.3 Å². The minimum Gasteiger partial charge on any atom is -0.464 e. The standard InChI is InChI=1S/C16H28O2/c1-12-3-7-14(8-4-12)16(18-11-17)15-9-5-13(2)6-10-15/h11-16H,3-10H2,1-2H3. The van der Waals surface area contributed by atoms with Crippen molar-refractivity contribution in [2.75, 3.05) is 0 Å². The average molecular weight is 252 g/mol. The van der Waals surface area contributed by atoms with E-state index >= 15 is 0 Å². The van der Waals surface area contributed by atoms with Crippen LogP contribution >= 0.6 is 0 Å². The van der Waals surface area contributed by atoms with Crippen molar-refractivity contribution in [2.24, 2.45) is 23.7 Å². The molecule has 0 N–H and O–H groups in total. The lowest BCUT2D eigenvalue weighted by Crippen LogP contribution is -2.36. The molecule has 0 atom stereocenters. The molecule has 0 aromatic carbocycles. The fourth-order valence-corrected chi connectivity index (χ4v) is 3.90. The summed E-state index contributed by atoms with van der Waals surface area (Å²) in [5, 5.41) is 0. The normalized spacial score (nSPS) is 39.0. The van der Waals surface area contributed by atoms with Crippen LogP contribution < -0.4 is 0 Å². The van der Waals surface area contributed by atoms with Crippen LogP contribution in [0.4, 0.5) is 0 Å². The third-order valence-electron chi connectivity index (χ3n) is 5.26. The average Bonchev–Trinajstić information content (AvgIpc) is 2.39. The van der Waals surface area contributed by atoms with E-state index in [1.165, 1.54) is 51.4 Å². The van der Waals surface area contributed by atoms with Crippen LogP contribution in [0, 0.1) is 23.7 Å². The summed E-state index contributed by atoms with van der Waals surface area (Å²) in [5.41, 5.74) is 0. The van der Waals surface area contributed by atoms with E-state index in [1.54, 1.807) is 0 Å². The first kappa shape index (κ1) is 13.9. The molecule has 104 valence electrons. The summed E-state index contributed by atoms with van der Waals surface area (Å²) in [6.45, 7) is 5.38. The van der Waals surface area contributed by atoms with E-state index in [4.69, 9.17) is 4.74 Å². The fraction of sp³-hybridized carbons (Fsp3) is 0.938. The van der Waals surface area contributed by atoms with Crippen LogP contribution in [0.25, 0.3) is 0 Å². The Bertz CT molecular complexity index is 226. The van der Waals surface area contributed by atoms with Crippen molar-refractivity contribution in [1.29, 1.82) is 0 Å². The number of carbonyl (C=O) groups is 1. The Morgan fingerprint density at radius 1 is 0.833 bits per heavy atom. The van der Waals surface area contributed by atoms with Gasteiger partial charge in [-0.05, 0) is 49.4 Å². The highest BCUT2D eigenvalue weighted by atomic mass is 16.5. The summed E-state index contributed by atoms with van der Waals surface area (Å²) >= 11 is 0. The van der Waals surface area contributed by atoms with Gasteiger partial charge in [-0.3, -0.25) is 4.79 Å². The van der Waals surface area contributed by atoms with Crippen molar-refractivity contribution in [3.8, 4) is 0 Å². The Morgan fingerprint density at radius 2 is 1.22 bits per heavy atom. The Labute approximate surface area is 111 Å². The predicted octanol–water partition coefficient (Wildman–Crippen LogP) is 4.18. The molecule has 2 aliphatic carbocycles. The topological polar surface area (TPSA) is 26.3 Å². The van der Waals surface area contributed by atoms with E-state index in [1.807, 2.05) is 0 Å². The fourth-order valence-electron chi connectivity index (χ4n) is 3.90. The smallest absolute Gasteiger partial charge is 0.293 e. The molecule has 0 saturated heterocycles. The van der Waals surface area contributed by atoms with Crippen LogP contribution in [0.5, 0.6) is 0 Å². The summed E-state index contributed by atoms with van der Waals surface area (Å²) in [5.74, 6) is 2.99. The Kier molecular flexibility index (Phi) is 5.08. The highest BCUT2D eigenvalue weighted by Gasteiger charge is 2.34. The number of ether oxygens (including phenoxy) is 1. The second-order valence-corrected chi connectivity index (χ2v) is 6.74. The van der Waals surface area contributed by atoms with Gasteiger partial charge in [-0.1, -0.05) is 39.5 Å². The molecule has 0 unspecified atom stereocenters. The SMILES string of the molecule is CC1CCC(C(OC=O)C2CCC(C)CC2)CC1. The first-order chi connectivity index (χ1) is 8.70. The molecule has 18 heavy (non-hydrogen) atoms. The largest absolute Gasteiger partial charge is 0.464 e. The molecule has 0 heterocycles. The van der Waals surface area contributed by atoms with E-state index in [-0.39, 0.29) is 6.10 Å². The monoisotopic (exact) mass is 252 g/mol. The predicted molar refractivity (Wildman–Crippen MR) is 73.2 cm³/mol. The summed E-state index contributed by atoms with van der Waals surface area (Å²) in [6, 6.07) is 0. The van der Waals surface area contributed by atoms with E-state index in [2.05, 4.69) is 13.8 Å². The van der Waals surface area contributed by atoms with Gasteiger partial charge in [0.2, 0.25) is 0 Å². The molecule has 2 heteroatoms. The molecular formula is C16H28O2. The van der Waals surface area contributed by atoms with Crippen LogP contribution in [0.1, 0.15) is 65.2 Å². The van der Waals surface area contributed by atoms with Gasteiger partial charge in [0.25, 0.3) is 6.47 Å².